The molecule has 0 aliphatic rings. The van der Waals surface area contributed by atoms with Gasteiger partial charge in [-0.2, -0.15) is 0 Å². The number of para-hydroxylation sites is 2. The summed E-state index contributed by atoms with van der Waals surface area (Å²) < 4.78 is 13.9. The minimum atomic E-state index is 0.567. The Kier molecular flexibility index (Phi) is 18.1. The highest BCUT2D eigenvalue weighted by molar-refractivity contribution is 6.17. The van der Waals surface area contributed by atoms with Crippen LogP contribution in [0, 0.1) is 0 Å². The van der Waals surface area contributed by atoms with Gasteiger partial charge in [0.25, 0.3) is 0 Å². The fourth-order valence-electron chi connectivity index (χ4n) is 16.5. The summed E-state index contributed by atoms with van der Waals surface area (Å²) >= 11 is 0. The first-order valence-corrected chi connectivity index (χ1v) is 39.8. The van der Waals surface area contributed by atoms with Crippen LogP contribution in [0.5, 0.6) is 0 Å². The van der Waals surface area contributed by atoms with Crippen LogP contribution in [0.1, 0.15) is 0 Å². The molecule has 0 N–H and O–H groups in total. The van der Waals surface area contributed by atoms with Gasteiger partial charge in [0.2, 0.25) is 0 Å². The standard InChI is InChI=1S/C110H72N6O2/c1-8-27-73(28-9-1)76-51-59-90(60-52-76)115(98-68-88(70-102-105(98)94-43-22-24-45-100(94)117-102)104-107(83-35-16-5-17-36-83)113-109(85-39-20-7-21-40-85)114-108(104)84-37-18-6-19-38-84)93-65-57-80(58-66-93)87-42-26-41-86(67-87)79-47-49-82(50-48-79)97-72-96(81-33-14-4-15-34-81)111-110(112-97)89-69-99(106-95-44-23-25-46-101(95)118-103(106)71-89)116(91-61-53-77(54-62-91)74-29-10-2-11-30-74)92-63-55-78(56-64-92)75-31-12-3-13-32-75/h1-72H. The highest BCUT2D eigenvalue weighted by Gasteiger charge is 2.28. The van der Waals surface area contributed by atoms with E-state index in [0.717, 1.165) is 201 Å². The minimum Gasteiger partial charge on any atom is -0.456 e. The number of benzene rings is 17. The van der Waals surface area contributed by atoms with E-state index in [-0.39, 0.29) is 0 Å². The molecule has 0 amide bonds. The van der Waals surface area contributed by atoms with E-state index in [1.807, 2.05) is 54.6 Å². The fourth-order valence-corrected chi connectivity index (χ4v) is 16.5. The zero-order valence-electron chi connectivity index (χ0n) is 64.1. The van der Waals surface area contributed by atoms with Crippen molar-refractivity contribution in [2.75, 3.05) is 9.80 Å². The van der Waals surface area contributed by atoms with Crippen molar-refractivity contribution in [3.05, 3.63) is 437 Å². The predicted molar refractivity (Wildman–Crippen MR) is 487 cm³/mol. The van der Waals surface area contributed by atoms with E-state index in [2.05, 4.69) is 392 Å². The van der Waals surface area contributed by atoms with Crippen LogP contribution < -0.4 is 9.80 Å². The predicted octanol–water partition coefficient (Wildman–Crippen LogP) is 30.0. The Morgan fingerprint density at radius 2 is 0.458 bits per heavy atom. The number of nitrogens with zero attached hydrogens (tertiary/aromatic N) is 6. The average molecular weight is 1510 g/mol. The Bertz CT molecular complexity index is 7070. The topological polar surface area (TPSA) is 84.3 Å². The van der Waals surface area contributed by atoms with Crippen molar-refractivity contribution in [2.24, 2.45) is 0 Å². The summed E-state index contributed by atoms with van der Waals surface area (Å²) in [5.41, 5.74) is 30.6. The van der Waals surface area contributed by atoms with Crippen molar-refractivity contribution in [3.8, 4) is 135 Å². The van der Waals surface area contributed by atoms with Gasteiger partial charge in [-0.15, -0.1) is 0 Å². The van der Waals surface area contributed by atoms with E-state index < -0.39 is 0 Å². The Morgan fingerprint density at radius 3 is 0.856 bits per heavy atom. The van der Waals surface area contributed by atoms with Crippen molar-refractivity contribution in [2.45, 2.75) is 0 Å². The van der Waals surface area contributed by atoms with Crippen molar-refractivity contribution in [1.82, 2.24) is 19.9 Å². The largest absolute Gasteiger partial charge is 0.456 e. The van der Waals surface area contributed by atoms with E-state index in [0.29, 0.717) is 11.6 Å². The summed E-state index contributed by atoms with van der Waals surface area (Å²) in [6, 6.07) is 154. The molecule has 0 aliphatic carbocycles. The summed E-state index contributed by atoms with van der Waals surface area (Å²) in [5, 5.41) is 3.98. The van der Waals surface area contributed by atoms with Gasteiger partial charge >= 0.3 is 0 Å². The Balaban J connectivity index is 0.659. The normalized spacial score (nSPS) is 11.4. The van der Waals surface area contributed by atoms with Gasteiger partial charge in [-0.1, -0.05) is 340 Å². The second-order valence-corrected chi connectivity index (χ2v) is 29.6. The van der Waals surface area contributed by atoms with Crippen LogP contribution in [0.4, 0.5) is 34.1 Å². The zero-order valence-corrected chi connectivity index (χ0v) is 64.1. The highest BCUT2D eigenvalue weighted by Crippen LogP contribution is 2.51. The van der Waals surface area contributed by atoms with Gasteiger partial charge in [0.1, 0.15) is 22.3 Å². The first-order valence-electron chi connectivity index (χ1n) is 39.8. The maximum absolute atomic E-state index is 7.03. The van der Waals surface area contributed by atoms with E-state index in [1.54, 1.807) is 0 Å². The number of hydrogen-bond acceptors (Lipinski definition) is 8. The molecule has 0 aliphatic heterocycles. The molecule has 0 atom stereocenters. The fraction of sp³-hybridized carbons (Fsp3) is 0. The molecule has 0 radical (unpaired) electrons. The van der Waals surface area contributed by atoms with E-state index in [4.69, 9.17) is 28.8 Å². The molecule has 0 saturated heterocycles. The molecule has 4 aromatic heterocycles. The number of rotatable bonds is 18. The average Bonchev–Trinajstić information content (AvgIpc) is 1.49. The second-order valence-electron chi connectivity index (χ2n) is 29.6. The third-order valence-electron chi connectivity index (χ3n) is 22.3. The van der Waals surface area contributed by atoms with Crippen LogP contribution in [0.15, 0.2) is 446 Å². The summed E-state index contributed by atoms with van der Waals surface area (Å²) in [6.07, 6.45) is 0. The molecule has 21 rings (SSSR count). The number of hydrogen-bond donors (Lipinski definition) is 0. The maximum Gasteiger partial charge on any atom is 0.160 e. The zero-order chi connectivity index (χ0) is 78.2. The third-order valence-corrected chi connectivity index (χ3v) is 22.3. The molecule has 21 aromatic rings. The number of fused-ring (bicyclic) bond motifs is 6. The Morgan fingerprint density at radius 1 is 0.178 bits per heavy atom. The van der Waals surface area contributed by atoms with Crippen LogP contribution in [0.25, 0.3) is 178 Å². The van der Waals surface area contributed by atoms with Crippen LogP contribution in [0.2, 0.25) is 0 Å². The van der Waals surface area contributed by atoms with Crippen LogP contribution in [-0.2, 0) is 0 Å². The quantitative estimate of drug-likeness (QED) is 0.0840. The maximum atomic E-state index is 7.03. The molecule has 0 saturated carbocycles. The van der Waals surface area contributed by atoms with Gasteiger partial charge in [-0.25, -0.2) is 19.9 Å². The molecule has 8 nitrogen and oxygen atoms in total. The van der Waals surface area contributed by atoms with Gasteiger partial charge < -0.3 is 18.6 Å². The molecule has 0 unspecified atom stereocenters. The summed E-state index contributed by atoms with van der Waals surface area (Å²) in [4.78, 5) is 26.7. The van der Waals surface area contributed by atoms with Crippen molar-refractivity contribution < 1.29 is 8.83 Å². The molecule has 118 heavy (non-hydrogen) atoms. The molecule has 17 aromatic carbocycles. The van der Waals surface area contributed by atoms with Crippen LogP contribution in [-0.4, -0.2) is 19.9 Å². The molecular weight excluding hydrogens is 1440 g/mol. The van der Waals surface area contributed by atoms with Gasteiger partial charge in [0.05, 0.1) is 44.9 Å². The molecule has 554 valence electrons. The first kappa shape index (κ1) is 70.0. The lowest BCUT2D eigenvalue weighted by atomic mass is 9.92. The lowest BCUT2D eigenvalue weighted by Gasteiger charge is -2.28. The molecule has 0 bridgehead atoms. The number of furan rings is 2. The summed E-state index contributed by atoms with van der Waals surface area (Å²) in [7, 11) is 0. The lowest BCUT2D eigenvalue weighted by molar-refractivity contribution is 0.668. The molecule has 8 heteroatoms. The monoisotopic (exact) mass is 1510 g/mol. The van der Waals surface area contributed by atoms with Gasteiger partial charge in [-0.3, -0.25) is 0 Å². The van der Waals surface area contributed by atoms with Crippen LogP contribution >= 0.6 is 0 Å². The molecule has 0 fully saturated rings. The second kappa shape index (κ2) is 30.5. The first-order chi connectivity index (χ1) is 58.5. The summed E-state index contributed by atoms with van der Waals surface area (Å²) in [5.74, 6) is 1.21. The number of anilines is 6. The molecule has 0 spiro atoms. The van der Waals surface area contributed by atoms with Crippen molar-refractivity contribution in [1.29, 1.82) is 0 Å². The van der Waals surface area contributed by atoms with E-state index in [9.17, 15) is 0 Å². The third kappa shape index (κ3) is 13.5. The van der Waals surface area contributed by atoms with E-state index >= 15 is 0 Å². The minimum absolute atomic E-state index is 0.567. The van der Waals surface area contributed by atoms with Gasteiger partial charge in [0.15, 0.2) is 11.6 Å². The van der Waals surface area contributed by atoms with Crippen LogP contribution in [0.3, 0.4) is 0 Å². The highest BCUT2D eigenvalue weighted by atomic mass is 16.3. The smallest absolute Gasteiger partial charge is 0.160 e. The number of aromatic nitrogens is 4. The Hall–Kier alpha value is -15.9. The molecule has 4 heterocycles. The van der Waals surface area contributed by atoms with Crippen molar-refractivity contribution >= 4 is 78.0 Å². The van der Waals surface area contributed by atoms with Gasteiger partial charge in [0, 0.05) is 72.5 Å². The molecular formula is C110H72N6O2. The van der Waals surface area contributed by atoms with Crippen molar-refractivity contribution in [3.63, 3.8) is 0 Å². The van der Waals surface area contributed by atoms with Gasteiger partial charge in [-0.05, 0) is 158 Å². The lowest BCUT2D eigenvalue weighted by Crippen LogP contribution is -2.11. The summed E-state index contributed by atoms with van der Waals surface area (Å²) in [6.45, 7) is 0. The Labute approximate surface area is 683 Å². The van der Waals surface area contributed by atoms with E-state index in [1.165, 1.54) is 0 Å². The SMILES string of the molecule is c1ccc(-c2ccc(N(c3ccc(-c4ccccc4)cc3)c3cc(-c4nc(-c5ccccc5)cc(-c5ccc(-c6cccc(-c7ccc(N(c8ccc(-c9ccccc9)cc8)c8cc(-c9c(-c%10ccccc%10)nc(-c%10ccccc%10)nc9-c9ccccc9)cc9oc%10ccccc%10c89)cc7)c6)cc5)n4)cc4oc5ccccc5c34)cc2)cc1.